The van der Waals surface area contributed by atoms with Gasteiger partial charge in [-0.05, 0) is 37.6 Å². The molecule has 0 radical (unpaired) electrons. The highest BCUT2D eigenvalue weighted by Gasteiger charge is 2.53. The molecule has 0 spiro atoms. The van der Waals surface area contributed by atoms with Gasteiger partial charge in [-0.3, -0.25) is 19.7 Å². The Balaban J connectivity index is 1.59. The summed E-state index contributed by atoms with van der Waals surface area (Å²) in [4.78, 5) is 38.7. The molecule has 3 unspecified atom stereocenters. The van der Waals surface area contributed by atoms with Crippen LogP contribution in [0.3, 0.4) is 0 Å². The number of para-hydroxylation sites is 1. The van der Waals surface area contributed by atoms with Gasteiger partial charge >= 0.3 is 0 Å². The van der Waals surface area contributed by atoms with Crippen molar-refractivity contribution in [1.29, 1.82) is 0 Å². The number of carbonyl (C=O) groups excluding carboxylic acids is 3. The van der Waals surface area contributed by atoms with Crippen LogP contribution in [-0.2, 0) is 14.3 Å². The molecule has 1 aromatic heterocycles. The molecule has 3 atom stereocenters. The van der Waals surface area contributed by atoms with Crippen molar-refractivity contribution in [2.45, 2.75) is 38.9 Å². The molecular formula is C24H29N3O6. The van der Waals surface area contributed by atoms with Crippen LogP contribution >= 0.6 is 0 Å². The van der Waals surface area contributed by atoms with Crippen molar-refractivity contribution in [3.8, 4) is 5.75 Å². The van der Waals surface area contributed by atoms with Crippen molar-refractivity contribution in [2.24, 2.45) is 5.41 Å². The highest BCUT2D eigenvalue weighted by molar-refractivity contribution is 6.49. The molecule has 1 aliphatic carbocycles. The second-order valence-electron chi connectivity index (χ2n) is 9.36. The molecule has 0 bridgehead atoms. The van der Waals surface area contributed by atoms with Gasteiger partial charge in [-0.25, -0.2) is 0 Å². The van der Waals surface area contributed by atoms with Gasteiger partial charge in [0.05, 0.1) is 30.5 Å². The first kappa shape index (κ1) is 23.0. The maximum atomic E-state index is 12.5. The van der Waals surface area contributed by atoms with E-state index in [-0.39, 0.29) is 34.4 Å². The van der Waals surface area contributed by atoms with Gasteiger partial charge in [0.25, 0.3) is 5.91 Å². The molecule has 33 heavy (non-hydrogen) atoms. The number of aromatic hydroxyl groups is 1. The molecule has 3 N–H and O–H groups in total. The summed E-state index contributed by atoms with van der Waals surface area (Å²) in [5.41, 5.74) is 1.00. The molecule has 1 saturated carbocycles. The van der Waals surface area contributed by atoms with Gasteiger partial charge in [0.15, 0.2) is 5.75 Å². The van der Waals surface area contributed by atoms with Gasteiger partial charge in [0, 0.05) is 19.5 Å². The zero-order valence-corrected chi connectivity index (χ0v) is 19.4. The largest absolute Gasteiger partial charge is 0.505 e. The van der Waals surface area contributed by atoms with Crippen molar-refractivity contribution in [3.05, 3.63) is 46.9 Å². The van der Waals surface area contributed by atoms with E-state index in [0.717, 1.165) is 11.3 Å². The van der Waals surface area contributed by atoms with Crippen LogP contribution in [0, 0.1) is 19.3 Å². The number of carbonyl (C=O) groups is 3. The Labute approximate surface area is 192 Å². The summed E-state index contributed by atoms with van der Waals surface area (Å²) in [7, 11) is 3.16. The summed E-state index contributed by atoms with van der Waals surface area (Å²) < 4.78 is 11.4. The fourth-order valence-electron chi connectivity index (χ4n) is 4.22. The average molecular weight is 456 g/mol. The van der Waals surface area contributed by atoms with Gasteiger partial charge in [0.2, 0.25) is 11.6 Å². The minimum absolute atomic E-state index is 0.103. The number of hydrogen-bond acceptors (Lipinski definition) is 8. The molecule has 9 nitrogen and oxygen atoms in total. The zero-order chi connectivity index (χ0) is 24.1. The van der Waals surface area contributed by atoms with Crippen LogP contribution < -0.4 is 10.6 Å². The predicted octanol–water partition coefficient (Wildman–Crippen LogP) is 1.97. The van der Waals surface area contributed by atoms with Crippen molar-refractivity contribution in [2.75, 3.05) is 32.6 Å². The minimum Gasteiger partial charge on any atom is -0.505 e. The van der Waals surface area contributed by atoms with Gasteiger partial charge in [-0.1, -0.05) is 13.0 Å². The third kappa shape index (κ3) is 3.91. The Morgan fingerprint density at radius 1 is 1.18 bits per heavy atom. The summed E-state index contributed by atoms with van der Waals surface area (Å²) in [5.74, 6) is -0.293. The first-order valence-corrected chi connectivity index (χ1v) is 10.8. The Bertz CT molecular complexity index is 1100. The number of aryl methyl sites for hydroxylation is 2. The lowest BCUT2D eigenvalue weighted by molar-refractivity contribution is -0.150. The Kier molecular flexibility index (Phi) is 5.79. The SMILES string of the molecule is Cc1cc(C(NC2C(=O)C(=O)C2Nc2cccc(C(=O)N(C)C)c2O)C2(C)COC2)oc1C. The first-order valence-electron chi connectivity index (χ1n) is 10.8. The number of phenolic OH excluding ortho intramolecular Hbond substituents is 1. The van der Waals surface area contributed by atoms with Crippen LogP contribution in [0.1, 0.15) is 40.4 Å². The molecule has 2 heterocycles. The van der Waals surface area contributed by atoms with E-state index in [0.29, 0.717) is 19.0 Å². The second-order valence-corrected chi connectivity index (χ2v) is 9.36. The number of amides is 1. The first-order chi connectivity index (χ1) is 15.5. The van der Waals surface area contributed by atoms with E-state index >= 15 is 0 Å². The van der Waals surface area contributed by atoms with Crippen molar-refractivity contribution < 1.29 is 28.6 Å². The predicted molar refractivity (Wildman–Crippen MR) is 120 cm³/mol. The van der Waals surface area contributed by atoms with Gasteiger partial charge in [-0.2, -0.15) is 0 Å². The molecule has 2 aromatic rings. The van der Waals surface area contributed by atoms with E-state index in [1.54, 1.807) is 26.2 Å². The Morgan fingerprint density at radius 2 is 1.85 bits per heavy atom. The van der Waals surface area contributed by atoms with Gasteiger partial charge in [-0.15, -0.1) is 0 Å². The number of rotatable bonds is 7. The lowest BCUT2D eigenvalue weighted by Crippen LogP contribution is -2.69. The summed E-state index contributed by atoms with van der Waals surface area (Å²) in [6, 6.07) is 4.55. The molecule has 1 aliphatic heterocycles. The number of hydrogen-bond donors (Lipinski definition) is 3. The van der Waals surface area contributed by atoms with Crippen LogP contribution in [0.5, 0.6) is 5.75 Å². The highest BCUT2D eigenvalue weighted by Crippen LogP contribution is 2.42. The second kappa shape index (κ2) is 8.31. The lowest BCUT2D eigenvalue weighted by Gasteiger charge is -2.47. The summed E-state index contributed by atoms with van der Waals surface area (Å²) >= 11 is 0. The summed E-state index contributed by atoms with van der Waals surface area (Å²) in [6.45, 7) is 6.85. The molecule has 2 aliphatic rings. The Hall–Kier alpha value is -3.17. The number of ketones is 2. The number of phenols is 1. The number of nitrogens with zero attached hydrogens (tertiary/aromatic N) is 1. The number of ether oxygens (including phenoxy) is 1. The maximum Gasteiger partial charge on any atom is 0.257 e. The smallest absolute Gasteiger partial charge is 0.257 e. The van der Waals surface area contributed by atoms with E-state index in [2.05, 4.69) is 10.6 Å². The molecule has 1 saturated heterocycles. The highest BCUT2D eigenvalue weighted by atomic mass is 16.5. The van der Waals surface area contributed by atoms with Gasteiger partial charge < -0.3 is 24.5 Å². The molecule has 2 fully saturated rings. The van der Waals surface area contributed by atoms with Crippen LogP contribution in [0.2, 0.25) is 0 Å². The maximum absolute atomic E-state index is 12.5. The average Bonchev–Trinajstić information content (AvgIpc) is 3.09. The fraction of sp³-hybridized carbons (Fsp3) is 0.458. The van der Waals surface area contributed by atoms with Crippen molar-refractivity contribution in [1.82, 2.24) is 10.2 Å². The number of furan rings is 1. The minimum atomic E-state index is -0.891. The topological polar surface area (TPSA) is 121 Å². The molecule has 176 valence electrons. The molecular weight excluding hydrogens is 426 g/mol. The van der Waals surface area contributed by atoms with Crippen LogP contribution in [0.25, 0.3) is 0 Å². The van der Waals surface area contributed by atoms with Crippen molar-refractivity contribution >= 4 is 23.2 Å². The molecule has 1 aromatic carbocycles. The fourth-order valence-corrected chi connectivity index (χ4v) is 4.22. The summed E-state index contributed by atoms with van der Waals surface area (Å²) in [5, 5.41) is 16.9. The third-order valence-electron chi connectivity index (χ3n) is 6.50. The monoisotopic (exact) mass is 455 g/mol. The van der Waals surface area contributed by atoms with E-state index in [9.17, 15) is 19.5 Å². The summed E-state index contributed by atoms with van der Waals surface area (Å²) in [6.07, 6.45) is 0. The molecule has 9 heteroatoms. The quantitative estimate of drug-likeness (QED) is 0.428. The zero-order valence-electron chi connectivity index (χ0n) is 19.4. The van der Waals surface area contributed by atoms with Crippen LogP contribution in [-0.4, -0.2) is 66.9 Å². The standard InChI is InChI=1S/C24H29N3O6/c1-12-9-16(33-13(12)2)22(24(3)10-32-11-24)26-18-17(20(29)21(18)30)25-15-8-6-7-14(19(15)28)23(31)27(4)5/h6-9,17-18,22,25-26,28H,10-11H2,1-5H3. The molecule has 4 rings (SSSR count). The van der Waals surface area contributed by atoms with Crippen molar-refractivity contribution in [3.63, 3.8) is 0 Å². The molecule has 1 amide bonds. The lowest BCUT2D eigenvalue weighted by atomic mass is 9.75. The van der Waals surface area contributed by atoms with E-state index < -0.39 is 23.7 Å². The van der Waals surface area contributed by atoms with Crippen LogP contribution in [0.15, 0.2) is 28.7 Å². The van der Waals surface area contributed by atoms with Gasteiger partial charge in [0.1, 0.15) is 23.6 Å². The van der Waals surface area contributed by atoms with E-state index in [1.165, 1.54) is 11.0 Å². The number of nitrogens with one attached hydrogen (secondary N) is 2. The Morgan fingerprint density at radius 3 is 2.39 bits per heavy atom. The van der Waals surface area contributed by atoms with Crippen LogP contribution in [0.4, 0.5) is 5.69 Å². The van der Waals surface area contributed by atoms with E-state index in [4.69, 9.17) is 9.15 Å². The van der Waals surface area contributed by atoms with E-state index in [1.807, 2.05) is 26.8 Å². The number of Topliss-reactive ketones (excluding diaryl/α,β-unsaturated/α-hetero) is 2. The number of benzene rings is 1. The third-order valence-corrected chi connectivity index (χ3v) is 6.50. The normalized spacial score (nSPS) is 22.3. The number of anilines is 1.